The molecule has 0 spiro atoms. The van der Waals surface area contributed by atoms with Crippen LogP contribution in [0, 0.1) is 0 Å². The van der Waals surface area contributed by atoms with Crippen molar-refractivity contribution < 1.29 is 9.21 Å². The highest BCUT2D eigenvalue weighted by Crippen LogP contribution is 2.16. The molecule has 140 valence electrons. The second kappa shape index (κ2) is 8.90. The first kappa shape index (κ1) is 18.5. The largest absolute Gasteiger partial charge is 0.467 e. The van der Waals surface area contributed by atoms with Gasteiger partial charge in [0.2, 0.25) is 11.1 Å². The van der Waals surface area contributed by atoms with Crippen molar-refractivity contribution in [1.29, 1.82) is 0 Å². The van der Waals surface area contributed by atoms with E-state index in [0.29, 0.717) is 17.5 Å². The molecule has 2 heterocycles. The fourth-order valence-electron chi connectivity index (χ4n) is 2.11. The van der Waals surface area contributed by atoms with Gasteiger partial charge in [0.15, 0.2) is 0 Å². The molecule has 0 saturated heterocycles. The Hall–Kier alpha value is -3.27. The number of anilines is 1. The Morgan fingerprint density at radius 3 is 2.81 bits per heavy atom. The summed E-state index contributed by atoms with van der Waals surface area (Å²) in [4.78, 5) is 11.9. The van der Waals surface area contributed by atoms with E-state index < -0.39 is 0 Å². The molecule has 0 unspecified atom stereocenters. The molecule has 3 rings (SSSR count). The quantitative estimate of drug-likeness (QED) is 0.234. The number of aromatic nitrogens is 3. The van der Waals surface area contributed by atoms with Gasteiger partial charge in [0, 0.05) is 0 Å². The number of carbonyl (C=O) groups excluding carboxylic acids is 1. The molecule has 0 aliphatic carbocycles. The molecule has 0 radical (unpaired) electrons. The Balaban J connectivity index is 1.51. The van der Waals surface area contributed by atoms with Gasteiger partial charge in [-0.25, -0.2) is 10.1 Å². The third-order valence-electron chi connectivity index (χ3n) is 3.55. The summed E-state index contributed by atoms with van der Waals surface area (Å²) in [5, 5.41) is 15.3. The third-order valence-corrected chi connectivity index (χ3v) is 4.50. The zero-order chi connectivity index (χ0) is 19.1. The lowest BCUT2D eigenvalue weighted by Crippen LogP contribution is -2.24. The lowest BCUT2D eigenvalue weighted by Gasteiger charge is -2.05. The topological polar surface area (TPSA) is 123 Å². The van der Waals surface area contributed by atoms with Crippen LogP contribution >= 0.6 is 11.8 Å². The monoisotopic (exact) mass is 385 g/mol. The van der Waals surface area contributed by atoms with Crippen LogP contribution in [0.15, 0.2) is 63.4 Å². The van der Waals surface area contributed by atoms with E-state index in [-0.39, 0.29) is 17.6 Å². The molecule has 0 atom stereocenters. The summed E-state index contributed by atoms with van der Waals surface area (Å²) in [6.07, 6.45) is 1.56. The van der Waals surface area contributed by atoms with E-state index in [0.717, 1.165) is 11.3 Å². The lowest BCUT2D eigenvalue weighted by atomic mass is 10.1. The first-order valence-electron chi connectivity index (χ1n) is 8.11. The highest BCUT2D eigenvalue weighted by atomic mass is 32.2. The minimum atomic E-state index is -0.160. The number of hydrazone groups is 1. The second-order valence-electron chi connectivity index (χ2n) is 5.50. The van der Waals surface area contributed by atoms with E-state index in [4.69, 9.17) is 10.3 Å². The minimum absolute atomic E-state index is 0.155. The summed E-state index contributed by atoms with van der Waals surface area (Å²) in [6, 6.07) is 13.3. The lowest BCUT2D eigenvalue weighted by molar-refractivity contribution is -0.118. The van der Waals surface area contributed by atoms with E-state index in [2.05, 4.69) is 26.0 Å². The van der Waals surface area contributed by atoms with Gasteiger partial charge < -0.3 is 15.6 Å². The van der Waals surface area contributed by atoms with E-state index in [1.807, 2.05) is 37.3 Å². The summed E-state index contributed by atoms with van der Waals surface area (Å²) < 4.78 is 6.41. The molecule has 3 aromatic rings. The van der Waals surface area contributed by atoms with Crippen LogP contribution in [-0.2, 0) is 11.3 Å². The molecular weight excluding hydrogens is 366 g/mol. The predicted molar refractivity (Wildman–Crippen MR) is 104 cm³/mol. The summed E-state index contributed by atoms with van der Waals surface area (Å²) in [6.45, 7) is 2.21. The maximum absolute atomic E-state index is 11.9. The molecule has 0 bridgehead atoms. The number of hydrogen-bond donors (Lipinski definition) is 3. The molecule has 4 N–H and O–H groups in total. The molecule has 0 aliphatic rings. The van der Waals surface area contributed by atoms with E-state index in [1.165, 1.54) is 16.4 Å². The number of hydrogen-bond acceptors (Lipinski definition) is 8. The number of nitrogens with one attached hydrogen (secondary N) is 2. The van der Waals surface area contributed by atoms with Gasteiger partial charge in [0.05, 0.1) is 24.3 Å². The van der Waals surface area contributed by atoms with Gasteiger partial charge in [-0.1, -0.05) is 42.1 Å². The van der Waals surface area contributed by atoms with Gasteiger partial charge >= 0.3 is 0 Å². The number of nitrogens with zero attached hydrogens (tertiary/aromatic N) is 4. The van der Waals surface area contributed by atoms with E-state index >= 15 is 0 Å². The van der Waals surface area contributed by atoms with Gasteiger partial charge in [0.1, 0.15) is 5.76 Å². The van der Waals surface area contributed by atoms with Crippen molar-refractivity contribution in [3.05, 3.63) is 60.1 Å². The van der Waals surface area contributed by atoms with Crippen LogP contribution in [0.25, 0.3) is 0 Å². The summed E-state index contributed by atoms with van der Waals surface area (Å²) in [7, 11) is 0. The van der Waals surface area contributed by atoms with Crippen LogP contribution in [0.1, 0.15) is 18.2 Å². The summed E-state index contributed by atoms with van der Waals surface area (Å²) >= 11 is 1.18. The van der Waals surface area contributed by atoms with Crippen LogP contribution in [0.3, 0.4) is 0 Å². The molecule has 0 saturated carbocycles. The SMILES string of the molecule is C/C(=N\Nc1nnc(SCC(=O)NCc2ccco2)n1N)c1ccccc1. The Morgan fingerprint density at radius 1 is 1.26 bits per heavy atom. The maximum Gasteiger partial charge on any atom is 0.264 e. The van der Waals surface area contributed by atoms with Crippen molar-refractivity contribution in [2.24, 2.45) is 5.10 Å². The molecule has 10 heteroatoms. The standard InChI is InChI=1S/C17H19N7O2S/c1-12(13-6-3-2-4-7-13)20-21-16-22-23-17(24(16)18)27-11-15(25)19-10-14-8-5-9-26-14/h2-9H,10-11,18H2,1H3,(H,19,25)(H,21,22)/b20-12+. The van der Waals surface area contributed by atoms with Gasteiger partial charge in [-0.2, -0.15) is 5.10 Å². The van der Waals surface area contributed by atoms with Crippen LogP contribution in [0.4, 0.5) is 5.95 Å². The first-order valence-corrected chi connectivity index (χ1v) is 9.10. The second-order valence-corrected chi connectivity index (χ2v) is 6.44. The van der Waals surface area contributed by atoms with Gasteiger partial charge in [-0.3, -0.25) is 4.79 Å². The first-order chi connectivity index (χ1) is 13.1. The Kier molecular flexibility index (Phi) is 6.10. The molecule has 1 aromatic carbocycles. The molecule has 1 amide bonds. The van der Waals surface area contributed by atoms with Crippen molar-refractivity contribution >= 4 is 29.3 Å². The summed E-state index contributed by atoms with van der Waals surface area (Å²) in [5.41, 5.74) is 4.55. The van der Waals surface area contributed by atoms with E-state index in [1.54, 1.807) is 18.4 Å². The number of furan rings is 1. The molecular formula is C17H19N7O2S. The Bertz CT molecular complexity index is 907. The van der Waals surface area contributed by atoms with Crippen LogP contribution in [0.5, 0.6) is 0 Å². The van der Waals surface area contributed by atoms with Gasteiger partial charge in [-0.05, 0) is 24.6 Å². The number of nitrogens with two attached hydrogens (primary N) is 1. The molecule has 2 aromatic heterocycles. The highest BCUT2D eigenvalue weighted by molar-refractivity contribution is 7.99. The average molecular weight is 385 g/mol. The number of nitrogen functional groups attached to an aromatic ring is 1. The zero-order valence-corrected chi connectivity index (χ0v) is 15.4. The maximum atomic E-state index is 11.9. The van der Waals surface area contributed by atoms with Crippen LogP contribution < -0.4 is 16.6 Å². The van der Waals surface area contributed by atoms with Crippen molar-refractivity contribution in [3.63, 3.8) is 0 Å². The Morgan fingerprint density at radius 2 is 2.07 bits per heavy atom. The average Bonchev–Trinajstić information content (AvgIpc) is 3.33. The fraction of sp³-hybridized carbons (Fsp3) is 0.176. The zero-order valence-electron chi connectivity index (χ0n) is 14.6. The molecule has 0 fully saturated rings. The number of rotatable bonds is 8. The van der Waals surface area contributed by atoms with Gasteiger partial charge in [-0.15, -0.1) is 10.2 Å². The fourth-order valence-corrected chi connectivity index (χ4v) is 2.80. The van der Waals surface area contributed by atoms with Crippen molar-refractivity contribution in [2.75, 3.05) is 17.0 Å². The Labute approximate surface area is 160 Å². The summed E-state index contributed by atoms with van der Waals surface area (Å²) in [5.74, 6) is 6.92. The van der Waals surface area contributed by atoms with Gasteiger partial charge in [0.25, 0.3) is 5.95 Å². The highest BCUT2D eigenvalue weighted by Gasteiger charge is 2.12. The van der Waals surface area contributed by atoms with E-state index in [9.17, 15) is 4.79 Å². The minimum Gasteiger partial charge on any atom is -0.467 e. The number of benzene rings is 1. The van der Waals surface area contributed by atoms with Crippen molar-refractivity contribution in [2.45, 2.75) is 18.6 Å². The molecule has 0 aliphatic heterocycles. The van der Waals surface area contributed by atoms with Crippen LogP contribution in [-0.4, -0.2) is 32.2 Å². The predicted octanol–water partition coefficient (Wildman–Crippen LogP) is 1.83. The molecule has 27 heavy (non-hydrogen) atoms. The number of thioether (sulfide) groups is 1. The number of carbonyl (C=O) groups is 1. The van der Waals surface area contributed by atoms with Crippen molar-refractivity contribution in [1.82, 2.24) is 20.2 Å². The smallest absolute Gasteiger partial charge is 0.264 e. The van der Waals surface area contributed by atoms with Crippen LogP contribution in [0.2, 0.25) is 0 Å². The molecule has 9 nitrogen and oxygen atoms in total. The van der Waals surface area contributed by atoms with Crippen molar-refractivity contribution in [3.8, 4) is 0 Å². The third kappa shape index (κ3) is 5.11. The normalized spacial score (nSPS) is 11.4. The number of amides is 1.